The number of para-hydroxylation sites is 1. The number of amides is 2. The largest absolute Gasteiger partial charge is 0.491 e. The maximum absolute atomic E-state index is 13.7. The molecular weight excluding hydrogens is 496 g/mol. The van der Waals surface area contributed by atoms with Gasteiger partial charge in [-0.1, -0.05) is 79.0 Å². The van der Waals surface area contributed by atoms with Crippen LogP contribution in [-0.2, 0) is 17.6 Å². The molecular formula is C32H37ClN2O3. The van der Waals surface area contributed by atoms with E-state index in [0.29, 0.717) is 55.3 Å². The van der Waals surface area contributed by atoms with Crippen LogP contribution in [-0.4, -0.2) is 54.4 Å². The SMILES string of the molecule is CN1CCCCCCN(C(=O)CCc2ccc(Cl)cc2)[C@@H](Cc2ccccc2)COc2ccccc2C1=O. The molecule has 0 radical (unpaired) electrons. The Labute approximate surface area is 231 Å². The van der Waals surface area contributed by atoms with E-state index < -0.39 is 0 Å². The van der Waals surface area contributed by atoms with Crippen LogP contribution in [0.2, 0.25) is 5.02 Å². The Morgan fingerprint density at radius 1 is 0.868 bits per heavy atom. The molecule has 1 aliphatic heterocycles. The highest BCUT2D eigenvalue weighted by atomic mass is 35.5. The Bertz CT molecular complexity index is 1180. The van der Waals surface area contributed by atoms with Gasteiger partial charge in [0.2, 0.25) is 5.91 Å². The van der Waals surface area contributed by atoms with Gasteiger partial charge in [-0.15, -0.1) is 0 Å². The van der Waals surface area contributed by atoms with Crippen LogP contribution >= 0.6 is 11.6 Å². The van der Waals surface area contributed by atoms with E-state index in [0.717, 1.165) is 36.8 Å². The summed E-state index contributed by atoms with van der Waals surface area (Å²) in [6, 6.07) is 25.2. The summed E-state index contributed by atoms with van der Waals surface area (Å²) in [7, 11) is 1.85. The molecule has 0 saturated carbocycles. The summed E-state index contributed by atoms with van der Waals surface area (Å²) in [5.41, 5.74) is 2.81. The number of ether oxygens (including phenoxy) is 1. The lowest BCUT2D eigenvalue weighted by Gasteiger charge is -2.33. The minimum Gasteiger partial charge on any atom is -0.491 e. The van der Waals surface area contributed by atoms with E-state index in [-0.39, 0.29) is 17.9 Å². The van der Waals surface area contributed by atoms with Crippen LogP contribution in [0.1, 0.15) is 53.6 Å². The van der Waals surface area contributed by atoms with Crippen molar-refractivity contribution < 1.29 is 14.3 Å². The molecule has 0 N–H and O–H groups in total. The highest BCUT2D eigenvalue weighted by molar-refractivity contribution is 6.30. The smallest absolute Gasteiger partial charge is 0.257 e. The fourth-order valence-corrected chi connectivity index (χ4v) is 5.08. The van der Waals surface area contributed by atoms with Gasteiger partial charge in [-0.2, -0.15) is 0 Å². The summed E-state index contributed by atoms with van der Waals surface area (Å²) in [6.45, 7) is 1.71. The number of fused-ring (bicyclic) bond motifs is 1. The number of rotatable bonds is 5. The van der Waals surface area contributed by atoms with E-state index in [9.17, 15) is 9.59 Å². The van der Waals surface area contributed by atoms with Gasteiger partial charge < -0.3 is 14.5 Å². The maximum atomic E-state index is 13.7. The van der Waals surface area contributed by atoms with Crippen LogP contribution in [0.4, 0.5) is 0 Å². The Kier molecular flexibility index (Phi) is 10.2. The molecule has 0 unspecified atom stereocenters. The third-order valence-electron chi connectivity index (χ3n) is 7.15. The van der Waals surface area contributed by atoms with Gasteiger partial charge in [0.05, 0.1) is 11.6 Å². The highest BCUT2D eigenvalue weighted by Crippen LogP contribution is 2.23. The predicted octanol–water partition coefficient (Wildman–Crippen LogP) is 6.44. The second-order valence-electron chi connectivity index (χ2n) is 10.0. The second kappa shape index (κ2) is 14.0. The third kappa shape index (κ3) is 7.84. The average molecular weight is 533 g/mol. The molecule has 0 bridgehead atoms. The fourth-order valence-electron chi connectivity index (χ4n) is 4.95. The Morgan fingerprint density at radius 3 is 2.32 bits per heavy atom. The van der Waals surface area contributed by atoms with Crippen LogP contribution in [0.15, 0.2) is 78.9 Å². The zero-order valence-corrected chi connectivity index (χ0v) is 22.9. The number of carbonyl (C=O) groups is 2. The first-order valence-electron chi connectivity index (χ1n) is 13.6. The Balaban J connectivity index is 1.59. The van der Waals surface area contributed by atoms with E-state index in [1.165, 1.54) is 0 Å². The molecule has 1 heterocycles. The molecule has 1 aliphatic rings. The highest BCUT2D eigenvalue weighted by Gasteiger charge is 2.26. The lowest BCUT2D eigenvalue weighted by molar-refractivity contribution is -0.134. The molecule has 2 amide bonds. The van der Waals surface area contributed by atoms with E-state index in [4.69, 9.17) is 16.3 Å². The van der Waals surface area contributed by atoms with Crippen molar-refractivity contribution in [2.24, 2.45) is 0 Å². The van der Waals surface area contributed by atoms with Gasteiger partial charge in [-0.25, -0.2) is 0 Å². The molecule has 200 valence electrons. The summed E-state index contributed by atoms with van der Waals surface area (Å²) in [5, 5.41) is 0.694. The standard InChI is InChI=1S/C32H37ClN2O3/c1-34-21-9-2-3-10-22-35(31(36)20-17-25-15-18-27(33)19-16-25)28(23-26-11-5-4-6-12-26)24-38-30-14-8-7-13-29(30)32(34)37/h4-8,11-16,18-19,28H,2-3,9-10,17,20-24H2,1H3/t28-/m0/s1. The number of nitrogens with zero attached hydrogens (tertiary/aromatic N) is 2. The number of halogens is 1. The summed E-state index contributed by atoms with van der Waals surface area (Å²) in [6.07, 6.45) is 5.66. The van der Waals surface area contributed by atoms with Crippen molar-refractivity contribution in [1.82, 2.24) is 9.80 Å². The van der Waals surface area contributed by atoms with E-state index in [2.05, 4.69) is 12.1 Å². The zero-order valence-electron chi connectivity index (χ0n) is 22.2. The number of benzene rings is 3. The van der Waals surface area contributed by atoms with Crippen LogP contribution in [0.25, 0.3) is 0 Å². The van der Waals surface area contributed by atoms with E-state index >= 15 is 0 Å². The van der Waals surface area contributed by atoms with E-state index in [1.54, 1.807) is 4.90 Å². The molecule has 5 nitrogen and oxygen atoms in total. The van der Waals surface area contributed by atoms with Gasteiger partial charge >= 0.3 is 0 Å². The van der Waals surface area contributed by atoms with Crippen LogP contribution in [0.5, 0.6) is 5.75 Å². The molecule has 38 heavy (non-hydrogen) atoms. The average Bonchev–Trinajstić information content (AvgIpc) is 2.94. The molecule has 4 rings (SSSR count). The number of aryl methyl sites for hydroxylation is 1. The summed E-state index contributed by atoms with van der Waals surface area (Å²) in [4.78, 5) is 30.7. The molecule has 6 heteroatoms. The zero-order chi connectivity index (χ0) is 26.7. The van der Waals surface area contributed by atoms with Crippen molar-refractivity contribution in [1.29, 1.82) is 0 Å². The van der Waals surface area contributed by atoms with Gasteiger partial charge in [0, 0.05) is 31.6 Å². The summed E-state index contributed by atoms with van der Waals surface area (Å²) >= 11 is 6.04. The van der Waals surface area contributed by atoms with Crippen molar-refractivity contribution in [2.75, 3.05) is 26.7 Å². The molecule has 0 saturated heterocycles. The first-order valence-corrected chi connectivity index (χ1v) is 13.9. The predicted molar refractivity (Wildman–Crippen MR) is 153 cm³/mol. The van der Waals surface area contributed by atoms with Gasteiger partial charge in [-0.05, 0) is 61.1 Å². The van der Waals surface area contributed by atoms with E-state index in [1.807, 2.05) is 78.7 Å². The number of hydrogen-bond acceptors (Lipinski definition) is 3. The fraction of sp³-hybridized carbons (Fsp3) is 0.375. The van der Waals surface area contributed by atoms with Crippen LogP contribution in [0.3, 0.4) is 0 Å². The van der Waals surface area contributed by atoms with Crippen LogP contribution in [0, 0.1) is 0 Å². The molecule has 0 aromatic heterocycles. The first-order chi connectivity index (χ1) is 18.5. The van der Waals surface area contributed by atoms with Gasteiger partial charge in [0.15, 0.2) is 0 Å². The number of hydrogen-bond donors (Lipinski definition) is 0. The summed E-state index contributed by atoms with van der Waals surface area (Å²) in [5.74, 6) is 0.655. The molecule has 3 aromatic rings. The molecule has 0 spiro atoms. The second-order valence-corrected chi connectivity index (χ2v) is 10.4. The van der Waals surface area contributed by atoms with Gasteiger partial charge in [-0.3, -0.25) is 9.59 Å². The molecule has 0 aliphatic carbocycles. The van der Waals surface area contributed by atoms with Gasteiger partial charge in [0.25, 0.3) is 5.91 Å². The van der Waals surface area contributed by atoms with Crippen molar-refractivity contribution in [3.05, 3.63) is 101 Å². The minimum absolute atomic E-state index is 0.0341. The Hall–Kier alpha value is -3.31. The third-order valence-corrected chi connectivity index (χ3v) is 7.41. The van der Waals surface area contributed by atoms with Crippen molar-refractivity contribution >= 4 is 23.4 Å². The lowest BCUT2D eigenvalue weighted by Crippen LogP contribution is -2.46. The summed E-state index contributed by atoms with van der Waals surface area (Å²) < 4.78 is 6.34. The first kappa shape index (κ1) is 27.7. The van der Waals surface area contributed by atoms with Crippen molar-refractivity contribution in [3.8, 4) is 5.75 Å². The minimum atomic E-state index is -0.154. The quantitative estimate of drug-likeness (QED) is 0.380. The Morgan fingerprint density at radius 2 is 1.55 bits per heavy atom. The van der Waals surface area contributed by atoms with Gasteiger partial charge in [0.1, 0.15) is 12.4 Å². The normalized spacial score (nSPS) is 17.3. The van der Waals surface area contributed by atoms with Crippen LogP contribution < -0.4 is 4.74 Å². The molecule has 1 atom stereocenters. The topological polar surface area (TPSA) is 49.9 Å². The maximum Gasteiger partial charge on any atom is 0.257 e. The molecule has 0 fully saturated rings. The monoisotopic (exact) mass is 532 g/mol. The lowest BCUT2D eigenvalue weighted by atomic mass is 10.0. The van der Waals surface area contributed by atoms with Crippen molar-refractivity contribution in [3.63, 3.8) is 0 Å². The number of carbonyl (C=O) groups excluding carboxylic acids is 2. The van der Waals surface area contributed by atoms with Crippen molar-refractivity contribution in [2.45, 2.75) is 51.0 Å². The molecule has 3 aromatic carbocycles.